The fraction of sp³-hybridized carbons (Fsp3) is 0.350. The number of hydrogen-bond donors (Lipinski definition) is 0. The molecule has 0 aliphatic carbocycles. The van der Waals surface area contributed by atoms with Crippen LogP contribution < -0.4 is 4.74 Å². The van der Waals surface area contributed by atoms with Gasteiger partial charge in [-0.1, -0.05) is 24.6 Å². The molecule has 0 unspecified atom stereocenters. The number of benzene rings is 2. The van der Waals surface area contributed by atoms with Crippen LogP contribution in [0.2, 0.25) is 0 Å². The van der Waals surface area contributed by atoms with E-state index in [0.29, 0.717) is 24.4 Å². The van der Waals surface area contributed by atoms with Crippen LogP contribution >= 0.6 is 0 Å². The number of para-hydroxylation sites is 1. The number of carbonyl (C=O) groups excluding carboxylic acids is 1. The molecule has 6 heteroatoms. The van der Waals surface area contributed by atoms with E-state index in [1.807, 2.05) is 32.0 Å². The van der Waals surface area contributed by atoms with Crippen molar-refractivity contribution in [2.45, 2.75) is 38.0 Å². The zero-order valence-electron chi connectivity index (χ0n) is 15.1. The Balaban J connectivity index is 1.78. The average molecular weight is 373 g/mol. The SMILES string of the molecule is Cc1cccc(C)c1OC(=O)c1ccc(S(=O)(=O)N2CCCCC2)cc1. The molecule has 3 rings (SSSR count). The lowest BCUT2D eigenvalue weighted by molar-refractivity contribution is 0.0732. The predicted molar refractivity (Wildman–Crippen MR) is 99.9 cm³/mol. The van der Waals surface area contributed by atoms with Crippen LogP contribution in [0, 0.1) is 13.8 Å². The lowest BCUT2D eigenvalue weighted by atomic mass is 10.1. The molecule has 1 fully saturated rings. The molecule has 26 heavy (non-hydrogen) atoms. The lowest BCUT2D eigenvalue weighted by Crippen LogP contribution is -2.35. The van der Waals surface area contributed by atoms with Gasteiger partial charge >= 0.3 is 5.97 Å². The minimum Gasteiger partial charge on any atom is -0.422 e. The standard InChI is InChI=1S/C20H23NO4S/c1-15-7-6-8-16(2)19(15)25-20(22)17-9-11-18(12-10-17)26(23,24)21-13-4-3-5-14-21/h6-12H,3-5,13-14H2,1-2H3. The maximum absolute atomic E-state index is 12.7. The summed E-state index contributed by atoms with van der Waals surface area (Å²) in [4.78, 5) is 12.6. The normalized spacial score (nSPS) is 15.6. The highest BCUT2D eigenvalue weighted by molar-refractivity contribution is 7.89. The van der Waals surface area contributed by atoms with E-state index in [1.54, 1.807) is 0 Å². The number of nitrogens with zero attached hydrogens (tertiary/aromatic N) is 1. The summed E-state index contributed by atoms with van der Waals surface area (Å²) >= 11 is 0. The van der Waals surface area contributed by atoms with Crippen LogP contribution in [-0.4, -0.2) is 31.8 Å². The maximum atomic E-state index is 12.7. The Morgan fingerprint density at radius 1 is 0.923 bits per heavy atom. The van der Waals surface area contributed by atoms with E-state index < -0.39 is 16.0 Å². The van der Waals surface area contributed by atoms with Crippen molar-refractivity contribution in [2.24, 2.45) is 0 Å². The number of hydrogen-bond acceptors (Lipinski definition) is 4. The molecule has 0 spiro atoms. The summed E-state index contributed by atoms with van der Waals surface area (Å²) < 4.78 is 32.3. The first-order valence-corrected chi connectivity index (χ1v) is 10.2. The number of aryl methyl sites for hydroxylation is 2. The molecular formula is C20H23NO4S. The van der Waals surface area contributed by atoms with E-state index in [2.05, 4.69) is 0 Å². The van der Waals surface area contributed by atoms with Crippen LogP contribution in [0.1, 0.15) is 40.7 Å². The quantitative estimate of drug-likeness (QED) is 0.606. The monoisotopic (exact) mass is 373 g/mol. The van der Waals surface area contributed by atoms with Crippen LogP contribution in [0.5, 0.6) is 5.75 Å². The summed E-state index contributed by atoms with van der Waals surface area (Å²) in [5.41, 5.74) is 2.08. The number of rotatable bonds is 4. The van der Waals surface area contributed by atoms with Crippen LogP contribution in [0.25, 0.3) is 0 Å². The molecule has 0 aromatic heterocycles. The van der Waals surface area contributed by atoms with Crippen LogP contribution in [0.15, 0.2) is 47.4 Å². The Morgan fingerprint density at radius 3 is 2.08 bits per heavy atom. The van der Waals surface area contributed by atoms with Crippen molar-refractivity contribution in [3.63, 3.8) is 0 Å². The van der Waals surface area contributed by atoms with E-state index in [1.165, 1.54) is 28.6 Å². The second-order valence-corrected chi connectivity index (χ2v) is 8.54. The van der Waals surface area contributed by atoms with Gasteiger partial charge in [-0.25, -0.2) is 13.2 Å². The molecule has 2 aromatic rings. The maximum Gasteiger partial charge on any atom is 0.343 e. The number of ether oxygens (including phenoxy) is 1. The molecule has 0 N–H and O–H groups in total. The summed E-state index contributed by atoms with van der Waals surface area (Å²) in [5, 5.41) is 0. The van der Waals surface area contributed by atoms with Crippen LogP contribution in [-0.2, 0) is 10.0 Å². The van der Waals surface area contributed by atoms with Gasteiger partial charge in [0.1, 0.15) is 5.75 Å². The minimum atomic E-state index is -3.50. The molecule has 0 radical (unpaired) electrons. The van der Waals surface area contributed by atoms with Gasteiger partial charge in [-0.15, -0.1) is 0 Å². The van der Waals surface area contributed by atoms with Crippen molar-refractivity contribution in [1.82, 2.24) is 4.31 Å². The number of carbonyl (C=O) groups is 1. The zero-order valence-corrected chi connectivity index (χ0v) is 15.9. The second-order valence-electron chi connectivity index (χ2n) is 6.60. The Kier molecular flexibility index (Phi) is 5.44. The second kappa shape index (κ2) is 7.60. The molecule has 0 bridgehead atoms. The van der Waals surface area contributed by atoms with Crippen molar-refractivity contribution in [1.29, 1.82) is 0 Å². The molecule has 1 aliphatic heterocycles. The van der Waals surface area contributed by atoms with Gasteiger partial charge in [0.15, 0.2) is 0 Å². The van der Waals surface area contributed by atoms with Crippen molar-refractivity contribution < 1.29 is 17.9 Å². The zero-order chi connectivity index (χ0) is 18.7. The molecule has 0 amide bonds. The molecular weight excluding hydrogens is 350 g/mol. The minimum absolute atomic E-state index is 0.211. The highest BCUT2D eigenvalue weighted by atomic mass is 32.2. The fourth-order valence-electron chi connectivity index (χ4n) is 3.13. The molecule has 0 saturated carbocycles. The number of esters is 1. The molecule has 138 valence electrons. The van der Waals surface area contributed by atoms with Gasteiger partial charge in [0.25, 0.3) is 0 Å². The van der Waals surface area contributed by atoms with E-state index in [0.717, 1.165) is 30.4 Å². The Labute approximate surface area is 154 Å². The summed E-state index contributed by atoms with van der Waals surface area (Å²) in [5.74, 6) is 0.0480. The third kappa shape index (κ3) is 3.81. The largest absolute Gasteiger partial charge is 0.422 e. The van der Waals surface area contributed by atoms with Gasteiger partial charge in [-0.2, -0.15) is 4.31 Å². The third-order valence-corrected chi connectivity index (χ3v) is 6.56. The van der Waals surface area contributed by atoms with Gasteiger partial charge in [-0.3, -0.25) is 0 Å². The molecule has 1 heterocycles. The van der Waals surface area contributed by atoms with Crippen molar-refractivity contribution >= 4 is 16.0 Å². The van der Waals surface area contributed by atoms with Crippen molar-refractivity contribution in [3.8, 4) is 5.75 Å². The Morgan fingerprint density at radius 2 is 1.50 bits per heavy atom. The number of piperidine rings is 1. The highest BCUT2D eigenvalue weighted by Gasteiger charge is 2.26. The first-order chi connectivity index (χ1) is 12.4. The van der Waals surface area contributed by atoms with E-state index in [4.69, 9.17) is 4.74 Å². The fourth-order valence-corrected chi connectivity index (χ4v) is 4.65. The Hall–Kier alpha value is -2.18. The lowest BCUT2D eigenvalue weighted by Gasteiger charge is -2.25. The van der Waals surface area contributed by atoms with Crippen molar-refractivity contribution in [3.05, 3.63) is 59.2 Å². The Bertz CT molecular complexity index is 878. The van der Waals surface area contributed by atoms with Gasteiger partial charge in [0.2, 0.25) is 10.0 Å². The average Bonchev–Trinajstić information content (AvgIpc) is 2.65. The molecule has 5 nitrogen and oxygen atoms in total. The van der Waals surface area contributed by atoms with Crippen molar-refractivity contribution in [2.75, 3.05) is 13.1 Å². The van der Waals surface area contributed by atoms with E-state index in [-0.39, 0.29) is 4.90 Å². The van der Waals surface area contributed by atoms with Gasteiger partial charge in [-0.05, 0) is 62.1 Å². The number of sulfonamides is 1. The summed E-state index contributed by atoms with van der Waals surface area (Å²) in [7, 11) is -3.50. The van der Waals surface area contributed by atoms with Gasteiger partial charge < -0.3 is 4.74 Å². The van der Waals surface area contributed by atoms with Gasteiger partial charge in [0.05, 0.1) is 10.5 Å². The molecule has 1 saturated heterocycles. The van der Waals surface area contributed by atoms with E-state index >= 15 is 0 Å². The van der Waals surface area contributed by atoms with Gasteiger partial charge in [0, 0.05) is 13.1 Å². The first-order valence-electron chi connectivity index (χ1n) is 8.78. The molecule has 0 atom stereocenters. The van der Waals surface area contributed by atoms with Crippen LogP contribution in [0.4, 0.5) is 0 Å². The smallest absolute Gasteiger partial charge is 0.343 e. The first kappa shape index (κ1) is 18.6. The topological polar surface area (TPSA) is 63.7 Å². The summed E-state index contributed by atoms with van der Waals surface area (Å²) in [6.45, 7) is 4.87. The summed E-state index contributed by atoms with van der Waals surface area (Å²) in [6.07, 6.45) is 2.84. The van der Waals surface area contributed by atoms with Crippen LogP contribution in [0.3, 0.4) is 0 Å². The highest BCUT2D eigenvalue weighted by Crippen LogP contribution is 2.24. The van der Waals surface area contributed by atoms with E-state index in [9.17, 15) is 13.2 Å². The molecule has 2 aromatic carbocycles. The summed E-state index contributed by atoms with van der Waals surface area (Å²) in [6, 6.07) is 11.6. The third-order valence-electron chi connectivity index (χ3n) is 4.65. The molecule has 1 aliphatic rings. The predicted octanol–water partition coefficient (Wildman–Crippen LogP) is 3.70.